The third kappa shape index (κ3) is 96.5. The van der Waals surface area contributed by atoms with Gasteiger partial charge in [-0.3, -0.25) is 14.4 Å². The van der Waals surface area contributed by atoms with Crippen LogP contribution in [0, 0.1) is 7.43 Å². The summed E-state index contributed by atoms with van der Waals surface area (Å²) < 4.78 is 0. The van der Waals surface area contributed by atoms with Crippen LogP contribution in [0.3, 0.4) is 0 Å². The van der Waals surface area contributed by atoms with Crippen molar-refractivity contribution in [3.05, 3.63) is 7.43 Å². The van der Waals surface area contributed by atoms with E-state index in [0.717, 1.165) is 0 Å². The molecule has 0 atom stereocenters. The van der Waals surface area contributed by atoms with Gasteiger partial charge < -0.3 is 22.7 Å². The molecule has 0 saturated heterocycles. The van der Waals surface area contributed by atoms with Crippen molar-refractivity contribution in [1.29, 1.82) is 0 Å². The van der Waals surface area contributed by atoms with Gasteiger partial charge in [-0.1, -0.05) is 20.8 Å². The number of hydrogen-bond acceptors (Lipinski definition) is 3. The van der Waals surface area contributed by atoms with Gasteiger partial charge in [0, 0.05) is 45.5 Å². The first-order valence-corrected chi connectivity index (χ1v) is 4.47. The number of rotatable bonds is 3. The van der Waals surface area contributed by atoms with Gasteiger partial charge >= 0.3 is 17.9 Å². The van der Waals surface area contributed by atoms with Gasteiger partial charge in [0.2, 0.25) is 0 Å². The van der Waals surface area contributed by atoms with Gasteiger partial charge in [0.15, 0.2) is 0 Å². The molecule has 7 heteroatoms. The second-order valence-corrected chi connectivity index (χ2v) is 2.24. The Morgan fingerprint density at radius 1 is 0.706 bits per heavy atom. The van der Waals surface area contributed by atoms with E-state index in [0.29, 0.717) is 0 Å². The molecule has 17 heavy (non-hydrogen) atoms. The molecule has 0 aliphatic heterocycles. The fourth-order valence-corrected chi connectivity index (χ4v) is 0. The first-order chi connectivity index (χ1) is 6.81. The summed E-state index contributed by atoms with van der Waals surface area (Å²) in [5.41, 5.74) is 0. The third-order valence-electron chi connectivity index (χ3n) is 0.907. The van der Waals surface area contributed by atoms with Gasteiger partial charge in [-0.15, -0.1) is 0 Å². The fraction of sp³-hybridized carbons (Fsp3) is 0.600. The normalized spacial score (nSPS) is 6.53. The maximum absolute atomic E-state index is 9.37. The van der Waals surface area contributed by atoms with Gasteiger partial charge in [-0.05, 0) is 0 Å². The topological polar surface area (TPSA) is 112 Å². The van der Waals surface area contributed by atoms with Crippen molar-refractivity contribution >= 4 is 17.9 Å². The molecule has 0 aromatic rings. The van der Waals surface area contributed by atoms with Crippen molar-refractivity contribution in [3.63, 3.8) is 0 Å². The number of carbonyl (C=O) groups is 3. The van der Waals surface area contributed by atoms with Crippen LogP contribution in [0.1, 0.15) is 40.0 Å². The van der Waals surface area contributed by atoms with Crippen LogP contribution in [0.4, 0.5) is 0 Å². The molecule has 0 rings (SSSR count). The van der Waals surface area contributed by atoms with E-state index in [2.05, 4.69) is 0 Å². The molecule has 6 nitrogen and oxygen atoms in total. The Balaban J connectivity index is -0.0000000400. The van der Waals surface area contributed by atoms with Crippen LogP contribution in [0.5, 0.6) is 0 Å². The Bertz CT molecular complexity index is 160. The SMILES string of the molecule is CCC(=O)O.CCC(=O)O.CCC(=O)O.[CH3-].[Zr]. The van der Waals surface area contributed by atoms with Gasteiger partial charge in [0.25, 0.3) is 0 Å². The molecule has 0 spiro atoms. The standard InChI is InChI=1S/3C3H6O2.CH3.Zr/c3*1-2-3(4)5;;/h3*2H2,1H3,(H,4,5);1H3;/q;;;-1;. The van der Waals surface area contributed by atoms with Gasteiger partial charge in [-0.25, -0.2) is 0 Å². The molecule has 3 N–H and O–H groups in total. The van der Waals surface area contributed by atoms with Crippen molar-refractivity contribution in [3.8, 4) is 0 Å². The van der Waals surface area contributed by atoms with Crippen molar-refractivity contribution < 1.29 is 55.9 Å². The smallest absolute Gasteiger partial charge is 0.303 e. The van der Waals surface area contributed by atoms with E-state index in [4.69, 9.17) is 15.3 Å². The molecule has 0 radical (unpaired) electrons. The third-order valence-corrected chi connectivity index (χ3v) is 0.907. The van der Waals surface area contributed by atoms with Crippen LogP contribution in [0.15, 0.2) is 0 Å². The zero-order valence-corrected chi connectivity index (χ0v) is 13.1. The molecule has 0 aliphatic carbocycles. The first kappa shape index (κ1) is 29.9. The Kier molecular flexibility index (Phi) is 43.1. The zero-order valence-electron chi connectivity index (χ0n) is 10.7. The van der Waals surface area contributed by atoms with Gasteiger partial charge in [-0.2, -0.15) is 0 Å². The quantitative estimate of drug-likeness (QED) is 0.682. The minimum Gasteiger partial charge on any atom is -0.481 e. The van der Waals surface area contributed by atoms with E-state index in [1.54, 1.807) is 20.8 Å². The van der Waals surface area contributed by atoms with Crippen LogP contribution < -0.4 is 0 Å². The van der Waals surface area contributed by atoms with Crippen molar-refractivity contribution in [2.45, 2.75) is 40.0 Å². The summed E-state index contributed by atoms with van der Waals surface area (Å²) in [6.45, 7) is 4.80. The van der Waals surface area contributed by atoms with Crippen molar-refractivity contribution in [1.82, 2.24) is 0 Å². The molecule has 0 aromatic carbocycles. The number of aliphatic carboxylic acids is 3. The molecule has 0 bridgehead atoms. The molecule has 0 fully saturated rings. The Morgan fingerprint density at radius 2 is 0.765 bits per heavy atom. The van der Waals surface area contributed by atoms with Gasteiger partial charge in [0.05, 0.1) is 0 Å². The van der Waals surface area contributed by atoms with Crippen LogP contribution in [0.2, 0.25) is 0 Å². The second-order valence-electron chi connectivity index (χ2n) is 2.24. The summed E-state index contributed by atoms with van der Waals surface area (Å²) in [6.07, 6.45) is 0.667. The predicted octanol–water partition coefficient (Wildman–Crippen LogP) is 1.89. The summed E-state index contributed by atoms with van der Waals surface area (Å²) >= 11 is 0. The minimum atomic E-state index is -0.745. The number of carboxylic acid groups (broad SMARTS) is 3. The van der Waals surface area contributed by atoms with Gasteiger partial charge in [0.1, 0.15) is 0 Å². The summed E-state index contributed by atoms with van der Waals surface area (Å²) in [7, 11) is 0. The predicted molar refractivity (Wildman–Crippen MR) is 60.2 cm³/mol. The maximum Gasteiger partial charge on any atom is 0.303 e. The van der Waals surface area contributed by atoms with Crippen LogP contribution in [-0.4, -0.2) is 33.2 Å². The average Bonchev–Trinajstić information content (AvgIpc) is 2.19. The van der Waals surface area contributed by atoms with E-state index in [9.17, 15) is 14.4 Å². The van der Waals surface area contributed by atoms with E-state index in [1.165, 1.54) is 0 Å². The summed E-state index contributed by atoms with van der Waals surface area (Å²) in [5, 5.41) is 23.2. The number of hydrogen-bond donors (Lipinski definition) is 3. The summed E-state index contributed by atoms with van der Waals surface area (Å²) in [4.78, 5) is 28.1. The molecule has 0 amide bonds. The number of carboxylic acids is 3. The Morgan fingerprint density at radius 3 is 0.765 bits per heavy atom. The largest absolute Gasteiger partial charge is 0.481 e. The van der Waals surface area contributed by atoms with Crippen molar-refractivity contribution in [2.24, 2.45) is 0 Å². The monoisotopic (exact) mass is 327 g/mol. The molecule has 0 heterocycles. The van der Waals surface area contributed by atoms with Crippen LogP contribution in [-0.2, 0) is 40.6 Å². The van der Waals surface area contributed by atoms with E-state index >= 15 is 0 Å². The van der Waals surface area contributed by atoms with Crippen LogP contribution >= 0.6 is 0 Å². The van der Waals surface area contributed by atoms with Crippen LogP contribution in [0.25, 0.3) is 0 Å². The average molecular weight is 328 g/mol. The fourth-order valence-electron chi connectivity index (χ4n) is 0. The first-order valence-electron chi connectivity index (χ1n) is 4.47. The summed E-state index contributed by atoms with van der Waals surface area (Å²) in [6, 6.07) is 0. The van der Waals surface area contributed by atoms with Crippen molar-refractivity contribution in [2.75, 3.05) is 0 Å². The summed E-state index contributed by atoms with van der Waals surface area (Å²) in [5.74, 6) is -2.24. The van der Waals surface area contributed by atoms with E-state index in [-0.39, 0.29) is 52.9 Å². The Hall–Kier alpha value is -0.707. The van der Waals surface area contributed by atoms with E-state index in [1.807, 2.05) is 0 Å². The zero-order chi connectivity index (χ0) is 12.9. The molecular formula is C10H21O6Zr-. The Labute approximate surface area is 121 Å². The molecule has 0 unspecified atom stereocenters. The molecular weight excluding hydrogens is 307 g/mol. The minimum absolute atomic E-state index is 0. The molecule has 0 aromatic heterocycles. The molecule has 0 aliphatic rings. The second kappa shape index (κ2) is 24.5. The molecule has 102 valence electrons. The molecule has 0 saturated carbocycles. The van der Waals surface area contributed by atoms with E-state index < -0.39 is 17.9 Å². The maximum atomic E-state index is 9.37.